The molecule has 0 fully saturated rings. The number of carbonyl (C=O) groups is 1. The van der Waals surface area contributed by atoms with E-state index in [1.807, 2.05) is 0 Å². The molecule has 0 spiro atoms. The van der Waals surface area contributed by atoms with Gasteiger partial charge in [-0.1, -0.05) is 11.6 Å². The average Bonchev–Trinajstić information content (AvgIpc) is 2.31. The number of halogens is 1. The van der Waals surface area contributed by atoms with E-state index in [9.17, 15) is 4.79 Å². The highest BCUT2D eigenvalue weighted by molar-refractivity contribution is 6.31. The first-order chi connectivity index (χ1) is 5.63. The molecule has 12 heavy (non-hydrogen) atoms. The second-order valence-corrected chi connectivity index (χ2v) is 2.68. The number of hydrogen-bond donors (Lipinski definition) is 3. The van der Waals surface area contributed by atoms with Crippen molar-refractivity contribution in [3.63, 3.8) is 0 Å². The first-order valence-corrected chi connectivity index (χ1v) is 3.57. The van der Waals surface area contributed by atoms with Crippen LogP contribution in [-0.2, 0) is 0 Å². The Bertz CT molecular complexity index is 325. The Balaban J connectivity index is 3.08. The number of H-pyrrole nitrogens is 1. The lowest BCUT2D eigenvalue weighted by Gasteiger charge is -1.89. The van der Waals surface area contributed by atoms with Gasteiger partial charge in [0.2, 0.25) is 0 Å². The van der Waals surface area contributed by atoms with Crippen molar-refractivity contribution in [2.45, 2.75) is 0 Å². The highest BCUT2D eigenvalue weighted by atomic mass is 35.5. The number of nitrogens with two attached hydrogens (primary N) is 2. The summed E-state index contributed by atoms with van der Waals surface area (Å²) in [6, 6.07) is 1.57. The van der Waals surface area contributed by atoms with Crippen molar-refractivity contribution in [1.29, 1.82) is 0 Å². The van der Waals surface area contributed by atoms with E-state index in [0.29, 0.717) is 23.4 Å². The van der Waals surface area contributed by atoms with E-state index in [0.717, 1.165) is 0 Å². The van der Waals surface area contributed by atoms with Crippen molar-refractivity contribution in [2.75, 3.05) is 5.73 Å². The van der Waals surface area contributed by atoms with Gasteiger partial charge in [0.1, 0.15) is 5.82 Å². The van der Waals surface area contributed by atoms with Gasteiger partial charge >= 0.3 is 0 Å². The van der Waals surface area contributed by atoms with Crippen LogP contribution >= 0.6 is 11.6 Å². The van der Waals surface area contributed by atoms with Crippen molar-refractivity contribution >= 4 is 29.8 Å². The zero-order valence-electron chi connectivity index (χ0n) is 6.17. The van der Waals surface area contributed by atoms with Gasteiger partial charge in [-0.2, -0.15) is 0 Å². The molecule has 0 aromatic carbocycles. The van der Waals surface area contributed by atoms with E-state index >= 15 is 0 Å². The summed E-state index contributed by atoms with van der Waals surface area (Å²) in [5, 5.41) is 0.123. The fourth-order valence-electron chi connectivity index (χ4n) is 0.840. The van der Waals surface area contributed by atoms with Crippen LogP contribution in [-0.4, -0.2) is 11.3 Å². The van der Waals surface area contributed by atoms with Gasteiger partial charge in [0.15, 0.2) is 6.29 Å². The van der Waals surface area contributed by atoms with Gasteiger partial charge in [-0.25, -0.2) is 0 Å². The lowest BCUT2D eigenvalue weighted by molar-refractivity contribution is 0.111. The summed E-state index contributed by atoms with van der Waals surface area (Å²) >= 11 is 5.42. The number of carbonyl (C=O) groups excluding carboxylic acids is 1. The van der Waals surface area contributed by atoms with Crippen LogP contribution in [0.15, 0.2) is 11.2 Å². The normalized spacial score (nSPS) is 11.6. The third-order valence-electron chi connectivity index (χ3n) is 1.32. The molecule has 0 amide bonds. The van der Waals surface area contributed by atoms with Crippen LogP contribution in [0.25, 0.3) is 6.08 Å². The summed E-state index contributed by atoms with van der Waals surface area (Å²) in [6.07, 6.45) is 2.14. The van der Waals surface area contributed by atoms with Crippen LogP contribution in [0.2, 0.25) is 0 Å². The fourth-order valence-corrected chi connectivity index (χ4v) is 0.958. The number of nitrogens with one attached hydrogen (secondary N) is 1. The zero-order valence-corrected chi connectivity index (χ0v) is 6.93. The van der Waals surface area contributed by atoms with Crippen molar-refractivity contribution in [1.82, 2.24) is 4.98 Å². The molecule has 0 radical (unpaired) electrons. The van der Waals surface area contributed by atoms with Gasteiger partial charge in [0, 0.05) is 5.56 Å². The maximum Gasteiger partial charge on any atom is 0.166 e. The Labute approximate surface area is 74.2 Å². The molecule has 0 bridgehead atoms. The minimum atomic E-state index is 0.123. The molecule has 5 N–H and O–H groups in total. The van der Waals surface area contributed by atoms with E-state index in [1.54, 1.807) is 6.07 Å². The Morgan fingerprint density at radius 3 is 2.75 bits per heavy atom. The molecule has 1 aromatic heterocycles. The lowest BCUT2D eigenvalue weighted by Crippen LogP contribution is -1.90. The van der Waals surface area contributed by atoms with Crippen molar-refractivity contribution < 1.29 is 4.79 Å². The number of aromatic nitrogens is 1. The second-order valence-electron chi connectivity index (χ2n) is 2.24. The molecule has 0 aliphatic rings. The smallest absolute Gasteiger partial charge is 0.166 e. The van der Waals surface area contributed by atoms with E-state index < -0.39 is 0 Å². The van der Waals surface area contributed by atoms with Gasteiger partial charge in [-0.15, -0.1) is 0 Å². The first kappa shape index (κ1) is 8.67. The van der Waals surface area contributed by atoms with Gasteiger partial charge in [0.05, 0.1) is 10.9 Å². The van der Waals surface area contributed by atoms with E-state index in [1.165, 1.54) is 6.08 Å². The highest BCUT2D eigenvalue weighted by Crippen LogP contribution is 2.15. The number of anilines is 1. The Hall–Kier alpha value is -1.42. The Kier molecular flexibility index (Phi) is 2.40. The van der Waals surface area contributed by atoms with Crippen molar-refractivity contribution in [2.24, 2.45) is 5.73 Å². The summed E-state index contributed by atoms with van der Waals surface area (Å²) in [6.45, 7) is 0. The monoisotopic (exact) mass is 185 g/mol. The quantitative estimate of drug-likeness (QED) is 0.473. The SMILES string of the molecule is N/C(Cl)=C\c1cc(C=O)[nH]c1N. The lowest BCUT2D eigenvalue weighted by atomic mass is 10.3. The van der Waals surface area contributed by atoms with E-state index in [-0.39, 0.29) is 5.16 Å². The number of aldehydes is 1. The van der Waals surface area contributed by atoms with Crippen LogP contribution < -0.4 is 11.5 Å². The molecule has 1 heterocycles. The molecule has 1 aromatic rings. The number of aromatic amines is 1. The van der Waals surface area contributed by atoms with Crippen LogP contribution in [0.5, 0.6) is 0 Å². The number of nitrogen functional groups attached to an aromatic ring is 1. The maximum atomic E-state index is 10.3. The molecular formula is C7H8ClN3O. The molecule has 64 valence electrons. The zero-order chi connectivity index (χ0) is 9.14. The maximum absolute atomic E-state index is 10.3. The number of hydrogen-bond acceptors (Lipinski definition) is 3. The van der Waals surface area contributed by atoms with Gasteiger partial charge in [0.25, 0.3) is 0 Å². The van der Waals surface area contributed by atoms with E-state index in [2.05, 4.69) is 4.98 Å². The second kappa shape index (κ2) is 3.32. The summed E-state index contributed by atoms with van der Waals surface area (Å²) < 4.78 is 0. The van der Waals surface area contributed by atoms with Crippen LogP contribution in [0.1, 0.15) is 16.1 Å². The molecule has 0 saturated heterocycles. The molecule has 0 aliphatic carbocycles. The predicted octanol–water partition coefficient (Wildman–Crippen LogP) is 0.905. The van der Waals surface area contributed by atoms with Crippen LogP contribution in [0.3, 0.4) is 0 Å². The largest absolute Gasteiger partial charge is 0.389 e. The Morgan fingerprint density at radius 2 is 2.33 bits per heavy atom. The van der Waals surface area contributed by atoms with Gasteiger partial charge < -0.3 is 16.5 Å². The summed E-state index contributed by atoms with van der Waals surface area (Å²) in [5.74, 6) is 0.376. The summed E-state index contributed by atoms with van der Waals surface area (Å²) in [4.78, 5) is 12.9. The van der Waals surface area contributed by atoms with Crippen molar-refractivity contribution in [3.05, 3.63) is 22.5 Å². The van der Waals surface area contributed by atoms with Gasteiger partial charge in [-0.3, -0.25) is 4.79 Å². The van der Waals surface area contributed by atoms with E-state index in [4.69, 9.17) is 23.1 Å². The first-order valence-electron chi connectivity index (χ1n) is 3.20. The summed E-state index contributed by atoms with van der Waals surface area (Å²) in [7, 11) is 0. The minimum absolute atomic E-state index is 0.123. The molecule has 0 atom stereocenters. The third kappa shape index (κ3) is 1.79. The molecule has 0 aliphatic heterocycles. The third-order valence-corrected chi connectivity index (χ3v) is 1.43. The molecule has 4 nitrogen and oxygen atoms in total. The number of rotatable bonds is 2. The van der Waals surface area contributed by atoms with Crippen LogP contribution in [0.4, 0.5) is 5.82 Å². The molecule has 0 unspecified atom stereocenters. The van der Waals surface area contributed by atoms with Crippen LogP contribution in [0, 0.1) is 0 Å². The Morgan fingerprint density at radius 1 is 1.67 bits per heavy atom. The average molecular weight is 186 g/mol. The molecule has 1 rings (SSSR count). The molecule has 0 saturated carbocycles. The van der Waals surface area contributed by atoms with Gasteiger partial charge in [-0.05, 0) is 12.1 Å². The predicted molar refractivity (Wildman–Crippen MR) is 48.6 cm³/mol. The van der Waals surface area contributed by atoms with Crippen molar-refractivity contribution in [3.8, 4) is 0 Å². The molecular weight excluding hydrogens is 178 g/mol. The summed E-state index contributed by atoms with van der Waals surface area (Å²) in [5.41, 5.74) is 11.7. The minimum Gasteiger partial charge on any atom is -0.389 e. The molecule has 5 heteroatoms. The fraction of sp³-hybridized carbons (Fsp3) is 0. The topological polar surface area (TPSA) is 84.9 Å². The standard InChI is InChI=1S/C7H8ClN3O/c8-6(9)2-4-1-5(3-12)11-7(4)10/h1-3,11H,9-10H2/b6-2-. The highest BCUT2D eigenvalue weighted by Gasteiger charge is 2.01.